The molecule has 0 unspecified atom stereocenters. The van der Waals surface area contributed by atoms with Gasteiger partial charge in [-0.05, 0) is 19.1 Å². The van der Waals surface area contributed by atoms with Gasteiger partial charge < -0.3 is 15.2 Å². The largest absolute Gasteiger partial charge is 0.492 e. The lowest BCUT2D eigenvalue weighted by atomic mass is 10.3. The van der Waals surface area contributed by atoms with Crippen molar-refractivity contribution in [1.29, 1.82) is 0 Å². The lowest BCUT2D eigenvalue weighted by molar-refractivity contribution is -0.141. The molecule has 1 rings (SSSR count). The highest BCUT2D eigenvalue weighted by Gasteiger charge is 2.13. The minimum absolute atomic E-state index is 0.0401. The van der Waals surface area contributed by atoms with Crippen LogP contribution in [0.1, 0.15) is 6.92 Å². The molecule has 0 radical (unpaired) electrons. The molecule has 3 N–H and O–H groups in total. The first-order valence-electron chi connectivity index (χ1n) is 6.04. The van der Waals surface area contributed by atoms with Crippen molar-refractivity contribution in [2.75, 3.05) is 31.2 Å². The Hall–Kier alpha value is -1.80. The van der Waals surface area contributed by atoms with E-state index in [1.54, 1.807) is 31.2 Å². The van der Waals surface area contributed by atoms with Crippen molar-refractivity contribution in [3.8, 4) is 5.75 Å². The summed E-state index contributed by atoms with van der Waals surface area (Å²) in [5, 5.41) is 0. The van der Waals surface area contributed by atoms with Crippen LogP contribution in [-0.4, -0.2) is 39.9 Å². The van der Waals surface area contributed by atoms with Crippen LogP contribution in [0.25, 0.3) is 0 Å². The number of carbonyl (C=O) groups is 1. The third-order valence-corrected chi connectivity index (χ3v) is 3.51. The minimum Gasteiger partial charge on any atom is -0.492 e. The number of nitrogens with two attached hydrogens (primary N) is 1. The summed E-state index contributed by atoms with van der Waals surface area (Å²) in [6.45, 7) is 1.43. The molecule has 0 aliphatic carbocycles. The third kappa shape index (κ3) is 6.39. The summed E-state index contributed by atoms with van der Waals surface area (Å²) in [6.07, 6.45) is 0. The fraction of sp³-hybridized carbons (Fsp3) is 0.417. The Bertz CT molecular complexity index is 545. The zero-order chi connectivity index (χ0) is 15.0. The molecule has 0 amide bonds. The molecule has 0 spiro atoms. The standard InChI is InChI=1S/C12H18N2O5S/c1-2-18-12(15)9-14-20(16,17)7-6-19-11-5-3-4-10(13)8-11/h3-5,8,14H,2,6-7,9,13H2,1H3. The normalized spacial score (nSPS) is 11.1. The van der Waals surface area contributed by atoms with E-state index in [0.29, 0.717) is 11.4 Å². The molecular formula is C12H18N2O5S. The van der Waals surface area contributed by atoms with Crippen LogP contribution in [0.3, 0.4) is 0 Å². The number of anilines is 1. The van der Waals surface area contributed by atoms with Gasteiger partial charge in [-0.25, -0.2) is 13.1 Å². The quantitative estimate of drug-likeness (QED) is 0.522. The Morgan fingerprint density at radius 2 is 2.15 bits per heavy atom. The Morgan fingerprint density at radius 3 is 2.80 bits per heavy atom. The van der Waals surface area contributed by atoms with Gasteiger partial charge >= 0.3 is 5.97 Å². The van der Waals surface area contributed by atoms with E-state index < -0.39 is 16.0 Å². The van der Waals surface area contributed by atoms with Gasteiger partial charge in [0.15, 0.2) is 0 Å². The first kappa shape index (κ1) is 16.3. The van der Waals surface area contributed by atoms with Crippen LogP contribution in [0.2, 0.25) is 0 Å². The maximum absolute atomic E-state index is 11.6. The van der Waals surface area contributed by atoms with Crippen molar-refractivity contribution >= 4 is 21.7 Å². The summed E-state index contributed by atoms with van der Waals surface area (Å²) in [4.78, 5) is 11.0. The zero-order valence-corrected chi connectivity index (χ0v) is 12.0. The van der Waals surface area contributed by atoms with E-state index >= 15 is 0 Å². The molecule has 0 atom stereocenters. The van der Waals surface area contributed by atoms with Crippen LogP contribution in [0, 0.1) is 0 Å². The first-order valence-corrected chi connectivity index (χ1v) is 7.69. The second kappa shape index (κ2) is 7.71. The Kier molecular flexibility index (Phi) is 6.26. The number of nitrogen functional groups attached to an aromatic ring is 1. The molecule has 0 heterocycles. The molecule has 0 saturated carbocycles. The number of nitrogens with one attached hydrogen (secondary N) is 1. The van der Waals surface area contributed by atoms with E-state index in [1.807, 2.05) is 0 Å². The molecule has 20 heavy (non-hydrogen) atoms. The summed E-state index contributed by atoms with van der Waals surface area (Å²) < 4.78 is 35.2. The van der Waals surface area contributed by atoms with Gasteiger partial charge in [0.2, 0.25) is 10.0 Å². The third-order valence-electron chi connectivity index (χ3n) is 2.22. The molecule has 0 aliphatic rings. The SMILES string of the molecule is CCOC(=O)CNS(=O)(=O)CCOc1cccc(N)c1. The van der Waals surface area contributed by atoms with Crippen LogP contribution >= 0.6 is 0 Å². The second-order valence-corrected chi connectivity index (χ2v) is 5.79. The monoisotopic (exact) mass is 302 g/mol. The predicted octanol–water partition coefficient (Wildman–Crippen LogP) is 0.130. The molecule has 8 heteroatoms. The lowest BCUT2D eigenvalue weighted by Gasteiger charge is -2.08. The summed E-state index contributed by atoms with van der Waals surface area (Å²) in [5.41, 5.74) is 6.10. The number of sulfonamides is 1. The van der Waals surface area contributed by atoms with E-state index in [-0.39, 0.29) is 25.5 Å². The van der Waals surface area contributed by atoms with E-state index in [9.17, 15) is 13.2 Å². The van der Waals surface area contributed by atoms with Crippen LogP contribution in [0.4, 0.5) is 5.69 Å². The first-order chi connectivity index (χ1) is 9.43. The van der Waals surface area contributed by atoms with Crippen LogP contribution < -0.4 is 15.2 Å². The average Bonchev–Trinajstić information content (AvgIpc) is 2.37. The van der Waals surface area contributed by atoms with Crippen LogP contribution in [-0.2, 0) is 19.6 Å². The maximum Gasteiger partial charge on any atom is 0.320 e. The second-order valence-electron chi connectivity index (χ2n) is 3.87. The molecule has 0 aromatic heterocycles. The highest BCUT2D eigenvalue weighted by atomic mass is 32.2. The van der Waals surface area contributed by atoms with E-state index in [0.717, 1.165) is 0 Å². The van der Waals surface area contributed by atoms with E-state index in [4.69, 9.17) is 10.5 Å². The lowest BCUT2D eigenvalue weighted by Crippen LogP contribution is -2.34. The van der Waals surface area contributed by atoms with Gasteiger partial charge in [-0.1, -0.05) is 6.07 Å². The fourth-order valence-electron chi connectivity index (χ4n) is 1.33. The average molecular weight is 302 g/mol. The summed E-state index contributed by atoms with van der Waals surface area (Å²) in [6, 6.07) is 6.68. The fourth-order valence-corrected chi connectivity index (χ4v) is 2.11. The molecule has 0 saturated heterocycles. The number of ether oxygens (including phenoxy) is 2. The van der Waals surface area contributed by atoms with Gasteiger partial charge in [-0.3, -0.25) is 4.79 Å². The van der Waals surface area contributed by atoms with Gasteiger partial charge in [0.1, 0.15) is 18.9 Å². The Labute approximate surface area is 118 Å². The van der Waals surface area contributed by atoms with Crippen molar-refractivity contribution in [3.63, 3.8) is 0 Å². The molecule has 7 nitrogen and oxygen atoms in total. The molecule has 0 bridgehead atoms. The molecule has 1 aromatic rings. The van der Waals surface area contributed by atoms with Crippen molar-refractivity contribution in [2.45, 2.75) is 6.92 Å². The molecule has 0 aliphatic heterocycles. The van der Waals surface area contributed by atoms with Crippen molar-refractivity contribution < 1.29 is 22.7 Å². The molecule has 0 fully saturated rings. The summed E-state index contributed by atoms with van der Waals surface area (Å²) in [5.74, 6) is -0.389. The smallest absolute Gasteiger partial charge is 0.320 e. The number of rotatable bonds is 8. The topological polar surface area (TPSA) is 108 Å². The summed E-state index contributed by atoms with van der Waals surface area (Å²) >= 11 is 0. The number of benzene rings is 1. The van der Waals surface area contributed by atoms with E-state index in [1.165, 1.54) is 0 Å². The van der Waals surface area contributed by atoms with E-state index in [2.05, 4.69) is 9.46 Å². The number of carbonyl (C=O) groups excluding carboxylic acids is 1. The maximum atomic E-state index is 11.6. The number of esters is 1. The number of hydrogen-bond donors (Lipinski definition) is 2. The molecular weight excluding hydrogens is 284 g/mol. The Morgan fingerprint density at radius 1 is 1.40 bits per heavy atom. The highest BCUT2D eigenvalue weighted by Crippen LogP contribution is 2.14. The van der Waals surface area contributed by atoms with Gasteiger partial charge in [0.05, 0.1) is 12.4 Å². The zero-order valence-electron chi connectivity index (χ0n) is 11.2. The summed E-state index contributed by atoms with van der Waals surface area (Å²) in [7, 11) is -3.58. The van der Waals surface area contributed by atoms with Gasteiger partial charge in [0, 0.05) is 11.8 Å². The predicted molar refractivity (Wildman–Crippen MR) is 74.8 cm³/mol. The molecule has 112 valence electrons. The van der Waals surface area contributed by atoms with Crippen molar-refractivity contribution in [2.24, 2.45) is 0 Å². The van der Waals surface area contributed by atoms with Gasteiger partial charge in [0.25, 0.3) is 0 Å². The molecule has 1 aromatic carbocycles. The van der Waals surface area contributed by atoms with Gasteiger partial charge in [-0.2, -0.15) is 0 Å². The highest BCUT2D eigenvalue weighted by molar-refractivity contribution is 7.89. The Balaban J connectivity index is 2.34. The minimum atomic E-state index is -3.58. The van der Waals surface area contributed by atoms with Crippen LogP contribution in [0.15, 0.2) is 24.3 Å². The van der Waals surface area contributed by atoms with Crippen molar-refractivity contribution in [3.05, 3.63) is 24.3 Å². The van der Waals surface area contributed by atoms with Crippen molar-refractivity contribution in [1.82, 2.24) is 4.72 Å². The number of hydrogen-bond acceptors (Lipinski definition) is 6. The van der Waals surface area contributed by atoms with Gasteiger partial charge in [-0.15, -0.1) is 0 Å². The van der Waals surface area contributed by atoms with Crippen LogP contribution in [0.5, 0.6) is 5.75 Å².